The van der Waals surface area contributed by atoms with Gasteiger partial charge in [0.25, 0.3) is 0 Å². The molecule has 0 saturated carbocycles. The maximum atomic E-state index is 2.33. The predicted molar refractivity (Wildman–Crippen MR) is 55.5 cm³/mol. The number of unbranched alkanes of at least 4 members (excludes halogenated alkanes) is 3. The molecule has 0 amide bonds. The van der Waals surface area contributed by atoms with E-state index in [1.807, 2.05) is 0 Å². The molecule has 0 spiro atoms. The molecule has 72 valence electrons. The highest BCUT2D eigenvalue weighted by molar-refractivity contribution is 4.93. The first-order valence-electron chi connectivity index (χ1n) is 5.29. The van der Waals surface area contributed by atoms with E-state index in [0.717, 1.165) is 0 Å². The van der Waals surface area contributed by atoms with Crippen LogP contribution in [0.1, 0.15) is 38.3 Å². The van der Waals surface area contributed by atoms with Crippen molar-refractivity contribution in [2.75, 3.05) is 0 Å². The van der Waals surface area contributed by atoms with Crippen molar-refractivity contribution in [3.05, 3.63) is 30.1 Å². The highest BCUT2D eigenvalue weighted by Gasteiger charge is 2.02. The normalized spacial score (nSPS) is 10.3. The highest BCUT2D eigenvalue weighted by Crippen LogP contribution is 1.99. The van der Waals surface area contributed by atoms with Crippen molar-refractivity contribution >= 4 is 0 Å². The number of nitrogens with zero attached hydrogens (tertiary/aromatic N) is 1. The molecule has 0 radical (unpaired) electrons. The molecule has 0 aliphatic rings. The van der Waals surface area contributed by atoms with Crippen molar-refractivity contribution in [3.63, 3.8) is 0 Å². The number of rotatable bonds is 5. The van der Waals surface area contributed by atoms with Crippen molar-refractivity contribution in [2.45, 2.75) is 46.1 Å². The van der Waals surface area contributed by atoms with E-state index >= 15 is 0 Å². The summed E-state index contributed by atoms with van der Waals surface area (Å²) in [5, 5.41) is 0. The van der Waals surface area contributed by atoms with Crippen LogP contribution >= 0.6 is 0 Å². The summed E-state index contributed by atoms with van der Waals surface area (Å²) in [6, 6.07) is 6.37. The van der Waals surface area contributed by atoms with Gasteiger partial charge in [-0.25, -0.2) is 4.57 Å². The third-order valence-corrected chi connectivity index (χ3v) is 2.42. The molecule has 0 aliphatic carbocycles. The minimum absolute atomic E-state index is 1.17. The van der Waals surface area contributed by atoms with E-state index in [9.17, 15) is 0 Å². The molecule has 1 heterocycles. The van der Waals surface area contributed by atoms with E-state index < -0.39 is 0 Å². The third kappa shape index (κ3) is 3.58. The maximum absolute atomic E-state index is 2.33. The Morgan fingerprint density at radius 2 is 2.00 bits per heavy atom. The van der Waals surface area contributed by atoms with Crippen LogP contribution in [0.15, 0.2) is 24.4 Å². The second-order valence-corrected chi connectivity index (χ2v) is 3.60. The van der Waals surface area contributed by atoms with E-state index in [2.05, 4.69) is 42.8 Å². The molecule has 0 bridgehead atoms. The zero-order valence-electron chi connectivity index (χ0n) is 8.79. The lowest BCUT2D eigenvalue weighted by atomic mass is 10.2. The van der Waals surface area contributed by atoms with E-state index in [0.29, 0.717) is 0 Å². The molecule has 0 aromatic carbocycles. The topological polar surface area (TPSA) is 3.88 Å². The minimum atomic E-state index is 1.17. The van der Waals surface area contributed by atoms with E-state index in [1.165, 1.54) is 37.9 Å². The van der Waals surface area contributed by atoms with Crippen LogP contribution in [-0.4, -0.2) is 0 Å². The molecular formula is C12H20N+. The van der Waals surface area contributed by atoms with Crippen molar-refractivity contribution in [2.24, 2.45) is 0 Å². The smallest absolute Gasteiger partial charge is 0.178 e. The average molecular weight is 178 g/mol. The Balaban J connectivity index is 2.32. The van der Waals surface area contributed by atoms with Crippen molar-refractivity contribution < 1.29 is 4.57 Å². The second kappa shape index (κ2) is 5.74. The summed E-state index contributed by atoms with van der Waals surface area (Å²) in [7, 11) is 0. The average Bonchev–Trinajstić information content (AvgIpc) is 2.15. The zero-order valence-corrected chi connectivity index (χ0v) is 8.79. The fourth-order valence-electron chi connectivity index (χ4n) is 1.52. The first-order valence-corrected chi connectivity index (χ1v) is 5.29. The van der Waals surface area contributed by atoms with Gasteiger partial charge in [0.2, 0.25) is 0 Å². The number of aryl methyl sites for hydroxylation is 2. The summed E-state index contributed by atoms with van der Waals surface area (Å²) in [5.41, 5.74) is 1.36. The Labute approximate surface area is 81.4 Å². The first-order chi connectivity index (χ1) is 6.34. The summed E-state index contributed by atoms with van der Waals surface area (Å²) >= 11 is 0. The van der Waals surface area contributed by atoms with Gasteiger partial charge in [-0.3, -0.25) is 0 Å². The van der Waals surface area contributed by atoms with Crippen LogP contribution < -0.4 is 4.57 Å². The van der Waals surface area contributed by atoms with Gasteiger partial charge in [0.1, 0.15) is 6.54 Å². The summed E-state index contributed by atoms with van der Waals surface area (Å²) < 4.78 is 2.33. The van der Waals surface area contributed by atoms with Crippen LogP contribution in [-0.2, 0) is 6.54 Å². The fraction of sp³-hybridized carbons (Fsp3) is 0.583. The molecule has 0 aliphatic heterocycles. The summed E-state index contributed by atoms with van der Waals surface area (Å²) in [6.45, 7) is 5.59. The number of hydrogen-bond donors (Lipinski definition) is 0. The van der Waals surface area contributed by atoms with E-state index in [4.69, 9.17) is 0 Å². The quantitative estimate of drug-likeness (QED) is 0.482. The van der Waals surface area contributed by atoms with Gasteiger partial charge >= 0.3 is 0 Å². The van der Waals surface area contributed by atoms with E-state index in [-0.39, 0.29) is 0 Å². The largest absolute Gasteiger partial charge is 0.203 e. The molecule has 0 saturated heterocycles. The lowest BCUT2D eigenvalue weighted by Crippen LogP contribution is -2.36. The summed E-state index contributed by atoms with van der Waals surface area (Å²) in [6.07, 6.45) is 7.52. The Morgan fingerprint density at radius 3 is 2.69 bits per heavy atom. The Hall–Kier alpha value is -0.850. The van der Waals surface area contributed by atoms with Crippen LogP contribution in [0.4, 0.5) is 0 Å². The molecule has 1 nitrogen and oxygen atoms in total. The van der Waals surface area contributed by atoms with Gasteiger partial charge in [-0.05, 0) is 6.42 Å². The molecule has 1 rings (SSSR count). The molecule has 0 N–H and O–H groups in total. The minimum Gasteiger partial charge on any atom is -0.203 e. The Kier molecular flexibility index (Phi) is 4.52. The number of aromatic nitrogens is 1. The number of hydrogen-bond acceptors (Lipinski definition) is 0. The lowest BCUT2D eigenvalue weighted by molar-refractivity contribution is -0.703. The fourth-order valence-corrected chi connectivity index (χ4v) is 1.52. The van der Waals surface area contributed by atoms with Crippen molar-refractivity contribution in [1.82, 2.24) is 0 Å². The van der Waals surface area contributed by atoms with Gasteiger partial charge in [0.05, 0.1) is 0 Å². The molecule has 0 atom stereocenters. The molecule has 0 fully saturated rings. The van der Waals surface area contributed by atoms with Gasteiger partial charge in [-0.2, -0.15) is 0 Å². The SMILES string of the molecule is CCCCCC[n+]1ccccc1C. The van der Waals surface area contributed by atoms with Gasteiger partial charge in [-0.15, -0.1) is 0 Å². The molecule has 13 heavy (non-hydrogen) atoms. The van der Waals surface area contributed by atoms with Crippen LogP contribution in [0.3, 0.4) is 0 Å². The van der Waals surface area contributed by atoms with Crippen molar-refractivity contribution in [1.29, 1.82) is 0 Å². The lowest BCUT2D eigenvalue weighted by Gasteiger charge is -1.99. The highest BCUT2D eigenvalue weighted by atomic mass is 14.9. The molecule has 1 aromatic heterocycles. The van der Waals surface area contributed by atoms with Gasteiger partial charge < -0.3 is 0 Å². The van der Waals surface area contributed by atoms with Crippen LogP contribution in [0.2, 0.25) is 0 Å². The van der Waals surface area contributed by atoms with Crippen molar-refractivity contribution in [3.8, 4) is 0 Å². The summed E-state index contributed by atoms with van der Waals surface area (Å²) in [4.78, 5) is 0. The molecule has 1 heteroatoms. The zero-order chi connectivity index (χ0) is 9.52. The maximum Gasteiger partial charge on any atom is 0.178 e. The van der Waals surface area contributed by atoms with Gasteiger partial charge in [-0.1, -0.05) is 25.8 Å². The standard InChI is InChI=1S/C12H20N/c1-3-4-5-7-10-13-11-8-6-9-12(13)2/h6,8-9,11H,3-5,7,10H2,1-2H3/q+1. The Morgan fingerprint density at radius 1 is 1.15 bits per heavy atom. The number of pyridine rings is 1. The van der Waals surface area contributed by atoms with E-state index in [1.54, 1.807) is 0 Å². The van der Waals surface area contributed by atoms with Gasteiger partial charge in [0.15, 0.2) is 11.9 Å². The Bertz CT molecular complexity index is 243. The van der Waals surface area contributed by atoms with Crippen LogP contribution in [0.5, 0.6) is 0 Å². The monoisotopic (exact) mass is 178 g/mol. The van der Waals surface area contributed by atoms with Crippen LogP contribution in [0.25, 0.3) is 0 Å². The predicted octanol–water partition coefficient (Wildman–Crippen LogP) is 2.86. The van der Waals surface area contributed by atoms with Gasteiger partial charge in [0, 0.05) is 25.5 Å². The first kappa shape index (κ1) is 10.2. The molecule has 1 aromatic rings. The molecule has 0 unspecified atom stereocenters. The third-order valence-electron chi connectivity index (χ3n) is 2.42. The molecular weight excluding hydrogens is 158 g/mol. The van der Waals surface area contributed by atoms with Crippen LogP contribution in [0, 0.1) is 6.92 Å². The second-order valence-electron chi connectivity index (χ2n) is 3.60. The summed E-state index contributed by atoms with van der Waals surface area (Å²) in [5.74, 6) is 0.